The van der Waals surface area contributed by atoms with E-state index in [9.17, 15) is 14.4 Å². The summed E-state index contributed by atoms with van der Waals surface area (Å²) in [5.41, 5.74) is 0.208. The molecule has 0 bridgehead atoms. The van der Waals surface area contributed by atoms with Gasteiger partial charge in [-0.1, -0.05) is 29.8 Å². The fourth-order valence-electron chi connectivity index (χ4n) is 4.19. The van der Waals surface area contributed by atoms with E-state index < -0.39 is 24.0 Å². The predicted molar refractivity (Wildman–Crippen MR) is 118 cm³/mol. The van der Waals surface area contributed by atoms with Crippen LogP contribution in [0.25, 0.3) is 10.9 Å². The third-order valence-electron chi connectivity index (χ3n) is 5.78. The zero-order valence-corrected chi connectivity index (χ0v) is 19.6. The average molecular weight is 509 g/mol. The van der Waals surface area contributed by atoms with Gasteiger partial charge in [-0.15, -0.1) is 0 Å². The lowest BCUT2D eigenvalue weighted by molar-refractivity contribution is -0.153. The van der Waals surface area contributed by atoms with E-state index in [2.05, 4.69) is 36.0 Å². The predicted octanol–water partition coefficient (Wildman–Crippen LogP) is 2.08. The highest BCUT2D eigenvalue weighted by Gasteiger charge is 2.52. The smallest absolute Gasteiger partial charge is 0.407 e. The topological polar surface area (TPSA) is 123 Å². The SMILES string of the molecule is COC(=O)N[C@H](C(=O)N1CC2(C[C@H]1c1nc3cc(Br)ccc3c(=O)[nH]1)OCCO2)C(C)C. The molecule has 0 radical (unpaired) electrons. The van der Waals surface area contributed by atoms with Crippen molar-refractivity contribution in [2.45, 2.75) is 38.1 Å². The molecule has 3 heterocycles. The molecule has 0 aliphatic carbocycles. The number of carbonyl (C=O) groups is 2. The monoisotopic (exact) mass is 508 g/mol. The Hall–Kier alpha value is -2.50. The lowest BCUT2D eigenvalue weighted by Gasteiger charge is -2.30. The maximum absolute atomic E-state index is 13.6. The number of nitrogens with zero attached hydrogens (tertiary/aromatic N) is 2. The Morgan fingerprint density at radius 1 is 1.34 bits per heavy atom. The fourth-order valence-corrected chi connectivity index (χ4v) is 4.54. The summed E-state index contributed by atoms with van der Waals surface area (Å²) in [6.45, 7) is 4.64. The molecule has 1 aromatic carbocycles. The molecule has 2 aromatic rings. The fraction of sp³-hybridized carbons (Fsp3) is 0.524. The quantitative estimate of drug-likeness (QED) is 0.647. The molecule has 2 atom stereocenters. The molecule has 11 heteroatoms. The Morgan fingerprint density at radius 2 is 2.06 bits per heavy atom. The third-order valence-corrected chi connectivity index (χ3v) is 6.28. The van der Waals surface area contributed by atoms with Crippen LogP contribution >= 0.6 is 15.9 Å². The Kier molecular flexibility index (Phi) is 6.24. The number of carbonyl (C=O) groups excluding carboxylic acids is 2. The van der Waals surface area contributed by atoms with Crippen LogP contribution in [-0.2, 0) is 19.0 Å². The summed E-state index contributed by atoms with van der Waals surface area (Å²) in [6, 6.07) is 3.78. The number of alkyl carbamates (subject to hydrolysis) is 1. The molecule has 0 unspecified atom stereocenters. The van der Waals surface area contributed by atoms with Crippen molar-refractivity contribution >= 4 is 38.8 Å². The number of likely N-dealkylation sites (tertiary alicyclic amines) is 1. The number of rotatable bonds is 4. The molecular formula is C21H25BrN4O6. The van der Waals surface area contributed by atoms with E-state index in [0.29, 0.717) is 36.4 Å². The first-order valence-corrected chi connectivity index (χ1v) is 11.1. The second-order valence-electron chi connectivity index (χ2n) is 8.26. The lowest BCUT2D eigenvalue weighted by Crippen LogP contribution is -2.52. The molecule has 2 amide bonds. The van der Waals surface area contributed by atoms with Crippen LogP contribution < -0.4 is 10.9 Å². The van der Waals surface area contributed by atoms with Crippen LogP contribution in [-0.4, -0.2) is 65.6 Å². The summed E-state index contributed by atoms with van der Waals surface area (Å²) in [5.74, 6) is -1.17. The van der Waals surface area contributed by atoms with E-state index >= 15 is 0 Å². The van der Waals surface area contributed by atoms with Crippen molar-refractivity contribution in [1.29, 1.82) is 0 Å². The van der Waals surface area contributed by atoms with Crippen molar-refractivity contribution in [2.75, 3.05) is 26.9 Å². The van der Waals surface area contributed by atoms with Crippen molar-refractivity contribution in [3.8, 4) is 0 Å². The molecule has 1 spiro atoms. The van der Waals surface area contributed by atoms with Gasteiger partial charge in [-0.05, 0) is 24.1 Å². The number of aromatic amines is 1. The number of ether oxygens (including phenoxy) is 3. The zero-order chi connectivity index (χ0) is 23.0. The molecular weight excluding hydrogens is 484 g/mol. The largest absolute Gasteiger partial charge is 0.453 e. The Balaban J connectivity index is 1.74. The van der Waals surface area contributed by atoms with Crippen molar-refractivity contribution in [1.82, 2.24) is 20.2 Å². The number of H-pyrrole nitrogens is 1. The number of halogens is 1. The molecule has 2 aliphatic rings. The number of methoxy groups -OCH3 is 1. The second kappa shape index (κ2) is 8.80. The van der Waals surface area contributed by atoms with E-state index in [1.54, 1.807) is 23.1 Å². The molecule has 2 saturated heterocycles. The molecule has 4 rings (SSSR count). The van der Waals surface area contributed by atoms with E-state index in [4.69, 9.17) is 9.47 Å². The number of amides is 2. The van der Waals surface area contributed by atoms with E-state index in [0.717, 1.165) is 4.47 Å². The third kappa shape index (κ3) is 4.24. The number of benzene rings is 1. The lowest BCUT2D eigenvalue weighted by atomic mass is 10.0. The van der Waals surface area contributed by atoms with Crippen molar-refractivity contribution in [3.05, 3.63) is 38.9 Å². The molecule has 10 nitrogen and oxygen atoms in total. The Labute approximate surface area is 192 Å². The van der Waals surface area contributed by atoms with Crippen LogP contribution in [0.2, 0.25) is 0 Å². The van der Waals surface area contributed by atoms with Gasteiger partial charge in [-0.2, -0.15) is 0 Å². The van der Waals surface area contributed by atoms with Crippen LogP contribution in [0.15, 0.2) is 27.5 Å². The molecule has 1 aromatic heterocycles. The minimum Gasteiger partial charge on any atom is -0.453 e. The summed E-state index contributed by atoms with van der Waals surface area (Å²) in [4.78, 5) is 47.2. The van der Waals surface area contributed by atoms with Crippen LogP contribution in [0, 0.1) is 5.92 Å². The van der Waals surface area contributed by atoms with Gasteiger partial charge in [0, 0.05) is 10.9 Å². The van der Waals surface area contributed by atoms with Crippen molar-refractivity contribution in [3.63, 3.8) is 0 Å². The highest BCUT2D eigenvalue weighted by Crippen LogP contribution is 2.42. The van der Waals surface area contributed by atoms with Gasteiger partial charge >= 0.3 is 6.09 Å². The first-order chi connectivity index (χ1) is 15.2. The van der Waals surface area contributed by atoms with E-state index in [1.807, 2.05) is 13.8 Å². The van der Waals surface area contributed by atoms with E-state index in [-0.39, 0.29) is 23.9 Å². The van der Waals surface area contributed by atoms with Gasteiger partial charge in [0.25, 0.3) is 5.56 Å². The summed E-state index contributed by atoms with van der Waals surface area (Å²) >= 11 is 3.40. The van der Waals surface area contributed by atoms with Crippen LogP contribution in [0.3, 0.4) is 0 Å². The number of nitrogens with one attached hydrogen (secondary N) is 2. The van der Waals surface area contributed by atoms with Gasteiger partial charge in [0.1, 0.15) is 11.9 Å². The van der Waals surface area contributed by atoms with Gasteiger partial charge in [0.15, 0.2) is 5.79 Å². The summed E-state index contributed by atoms with van der Waals surface area (Å²) in [7, 11) is 1.24. The molecule has 2 fully saturated rings. The second-order valence-corrected chi connectivity index (χ2v) is 9.18. The normalized spacial score (nSPS) is 20.8. The zero-order valence-electron chi connectivity index (χ0n) is 18.0. The van der Waals surface area contributed by atoms with Gasteiger partial charge in [-0.25, -0.2) is 9.78 Å². The highest BCUT2D eigenvalue weighted by atomic mass is 79.9. The number of hydrogen-bond acceptors (Lipinski definition) is 7. The van der Waals surface area contributed by atoms with Crippen molar-refractivity contribution < 1.29 is 23.8 Å². The van der Waals surface area contributed by atoms with Crippen molar-refractivity contribution in [2.24, 2.45) is 5.92 Å². The molecule has 2 N–H and O–H groups in total. The Bertz CT molecular complexity index is 1100. The van der Waals surface area contributed by atoms with E-state index in [1.165, 1.54) is 7.11 Å². The van der Waals surface area contributed by atoms with Gasteiger partial charge in [-0.3, -0.25) is 9.59 Å². The van der Waals surface area contributed by atoms with Crippen LogP contribution in [0.5, 0.6) is 0 Å². The van der Waals surface area contributed by atoms with Gasteiger partial charge in [0.2, 0.25) is 5.91 Å². The Morgan fingerprint density at radius 3 is 2.72 bits per heavy atom. The molecule has 172 valence electrons. The standard InChI is InChI=1S/C21H25BrN4O6/c1-11(2)16(24-20(29)30-3)19(28)26-10-21(31-6-7-32-21)9-15(26)17-23-14-8-12(22)4-5-13(14)18(27)25-17/h4-5,8,11,15-16H,6-7,9-10H2,1-3H3,(H,24,29)(H,23,25,27)/t15-,16-/m0/s1. The summed E-state index contributed by atoms with van der Waals surface area (Å²) < 4.78 is 17.2. The van der Waals surface area contributed by atoms with Gasteiger partial charge in [0.05, 0.1) is 43.8 Å². The number of hydrogen-bond donors (Lipinski definition) is 2. The minimum atomic E-state index is -0.974. The van der Waals surface area contributed by atoms with Gasteiger partial charge < -0.3 is 29.4 Å². The first-order valence-electron chi connectivity index (χ1n) is 10.4. The number of fused-ring (bicyclic) bond motifs is 1. The highest BCUT2D eigenvalue weighted by molar-refractivity contribution is 9.10. The average Bonchev–Trinajstić information content (AvgIpc) is 3.37. The van der Waals surface area contributed by atoms with Crippen LogP contribution in [0.4, 0.5) is 4.79 Å². The maximum Gasteiger partial charge on any atom is 0.407 e. The maximum atomic E-state index is 13.6. The summed E-state index contributed by atoms with van der Waals surface area (Å²) in [6.07, 6.45) is -0.387. The molecule has 2 aliphatic heterocycles. The van der Waals surface area contributed by atoms with Crippen LogP contribution in [0.1, 0.15) is 32.1 Å². The molecule has 32 heavy (non-hydrogen) atoms. The minimum absolute atomic E-state index is 0.156. The first kappa shape index (κ1) is 22.7. The summed E-state index contributed by atoms with van der Waals surface area (Å²) in [5, 5.41) is 3.06. The number of aromatic nitrogens is 2. The molecule has 0 saturated carbocycles.